The fourth-order valence-corrected chi connectivity index (χ4v) is 2.13. The Kier molecular flexibility index (Phi) is 3.69. The summed E-state index contributed by atoms with van der Waals surface area (Å²) in [5.41, 5.74) is 4.39. The number of nitrogens with zero attached hydrogens (tertiary/aromatic N) is 1. The van der Waals surface area contributed by atoms with Gasteiger partial charge in [0, 0.05) is 5.56 Å². The second-order valence-corrected chi connectivity index (χ2v) is 4.69. The van der Waals surface area contributed by atoms with Crippen molar-refractivity contribution in [2.75, 3.05) is 0 Å². The van der Waals surface area contributed by atoms with Crippen LogP contribution < -0.4 is 4.74 Å². The number of aldehydes is 1. The molecule has 4 nitrogen and oxygen atoms in total. The molecule has 0 saturated carbocycles. The van der Waals surface area contributed by atoms with Crippen molar-refractivity contribution < 1.29 is 14.1 Å². The number of hydrogen-bond donors (Lipinski definition) is 0. The Bertz CT molecular complexity index is 571. The molecule has 0 spiro atoms. The lowest BCUT2D eigenvalue weighted by atomic mass is 10.1. The van der Waals surface area contributed by atoms with Crippen LogP contribution in [0.25, 0.3) is 0 Å². The molecule has 19 heavy (non-hydrogen) atoms. The number of hydrogen-bond acceptors (Lipinski definition) is 4. The van der Waals surface area contributed by atoms with E-state index in [1.54, 1.807) is 0 Å². The fourth-order valence-electron chi connectivity index (χ4n) is 2.13. The number of carbonyl (C=O) groups excluding carboxylic acids is 1. The molecule has 0 fully saturated rings. The van der Waals surface area contributed by atoms with Gasteiger partial charge in [0.15, 0.2) is 0 Å². The van der Waals surface area contributed by atoms with E-state index >= 15 is 0 Å². The number of aromatic nitrogens is 1. The third-order valence-electron chi connectivity index (χ3n) is 3.16. The molecule has 0 bridgehead atoms. The van der Waals surface area contributed by atoms with Gasteiger partial charge in [-0.15, -0.1) is 0 Å². The Morgan fingerprint density at radius 2 is 1.84 bits per heavy atom. The predicted molar refractivity (Wildman–Crippen MR) is 71.6 cm³/mol. The second kappa shape index (κ2) is 5.26. The first kappa shape index (κ1) is 13.3. The molecule has 0 aliphatic rings. The maximum atomic E-state index is 10.8. The maximum Gasteiger partial charge on any atom is 0.150 e. The largest absolute Gasteiger partial charge is 0.488 e. The summed E-state index contributed by atoms with van der Waals surface area (Å²) < 4.78 is 11.0. The van der Waals surface area contributed by atoms with Crippen molar-refractivity contribution >= 4 is 6.29 Å². The van der Waals surface area contributed by atoms with Crippen LogP contribution in [0.3, 0.4) is 0 Å². The number of benzene rings is 1. The molecule has 1 aromatic carbocycles. The number of ether oxygens (including phenoxy) is 1. The Morgan fingerprint density at radius 1 is 1.21 bits per heavy atom. The van der Waals surface area contributed by atoms with Crippen molar-refractivity contribution in [2.24, 2.45) is 0 Å². The van der Waals surface area contributed by atoms with E-state index in [0.29, 0.717) is 12.2 Å². The molecule has 0 radical (unpaired) electrons. The van der Waals surface area contributed by atoms with E-state index in [4.69, 9.17) is 9.26 Å². The normalized spacial score (nSPS) is 10.5. The minimum atomic E-state index is 0.420. The summed E-state index contributed by atoms with van der Waals surface area (Å²) in [6.45, 7) is 8.05. The van der Waals surface area contributed by atoms with E-state index in [-0.39, 0.29) is 0 Å². The molecule has 0 amide bonds. The first-order chi connectivity index (χ1) is 9.02. The molecule has 0 saturated heterocycles. The molecular formula is C15H17NO3. The molecular weight excluding hydrogens is 242 g/mol. The van der Waals surface area contributed by atoms with Gasteiger partial charge >= 0.3 is 0 Å². The van der Waals surface area contributed by atoms with Crippen LogP contribution >= 0.6 is 0 Å². The van der Waals surface area contributed by atoms with E-state index in [1.807, 2.05) is 39.8 Å². The van der Waals surface area contributed by atoms with E-state index < -0.39 is 0 Å². The highest BCUT2D eigenvalue weighted by molar-refractivity contribution is 5.76. The molecule has 0 N–H and O–H groups in total. The van der Waals surface area contributed by atoms with Gasteiger partial charge in [-0.05, 0) is 51.0 Å². The lowest BCUT2D eigenvalue weighted by Crippen LogP contribution is -2.01. The van der Waals surface area contributed by atoms with Gasteiger partial charge in [-0.2, -0.15) is 0 Å². The number of rotatable bonds is 4. The summed E-state index contributed by atoms with van der Waals surface area (Å²) in [5, 5.41) is 3.90. The monoisotopic (exact) mass is 259 g/mol. The third-order valence-corrected chi connectivity index (χ3v) is 3.16. The Labute approximate surface area is 112 Å². The molecule has 1 aromatic heterocycles. The molecule has 0 aliphatic carbocycles. The summed E-state index contributed by atoms with van der Waals surface area (Å²) >= 11 is 0. The van der Waals surface area contributed by atoms with Crippen LogP contribution in [0.15, 0.2) is 16.7 Å². The summed E-state index contributed by atoms with van der Waals surface area (Å²) in [6, 6.07) is 3.64. The molecule has 1 heterocycles. The van der Waals surface area contributed by atoms with Crippen molar-refractivity contribution in [3.63, 3.8) is 0 Å². The molecule has 2 aromatic rings. The standard InChI is InChI=1S/C15H17NO3/c1-9-5-13(7-17)6-10(2)15(9)18-8-14-11(3)16-19-12(14)4/h5-7H,8H2,1-4H3. The Balaban J connectivity index is 2.23. The van der Waals surface area contributed by atoms with Gasteiger partial charge in [0.2, 0.25) is 0 Å². The molecule has 100 valence electrons. The van der Waals surface area contributed by atoms with E-state index in [2.05, 4.69) is 5.16 Å². The lowest BCUT2D eigenvalue weighted by molar-refractivity contribution is 0.112. The molecule has 4 heteroatoms. The SMILES string of the molecule is Cc1cc(C=O)cc(C)c1OCc1c(C)noc1C. The zero-order valence-electron chi connectivity index (χ0n) is 11.6. The van der Waals surface area contributed by atoms with Crippen LogP contribution in [0.2, 0.25) is 0 Å². The van der Waals surface area contributed by atoms with Crippen molar-refractivity contribution in [3.8, 4) is 5.75 Å². The van der Waals surface area contributed by atoms with Crippen LogP contribution in [0.1, 0.15) is 38.5 Å². The van der Waals surface area contributed by atoms with Gasteiger partial charge in [-0.25, -0.2) is 0 Å². The summed E-state index contributed by atoms with van der Waals surface area (Å²) in [5.74, 6) is 1.59. The Hall–Kier alpha value is -2.10. The zero-order valence-corrected chi connectivity index (χ0v) is 11.6. The maximum absolute atomic E-state index is 10.8. The van der Waals surface area contributed by atoms with Crippen molar-refractivity contribution in [1.82, 2.24) is 5.16 Å². The second-order valence-electron chi connectivity index (χ2n) is 4.69. The average molecular weight is 259 g/mol. The highest BCUT2D eigenvalue weighted by atomic mass is 16.5. The molecule has 2 rings (SSSR count). The van der Waals surface area contributed by atoms with Gasteiger partial charge in [0.1, 0.15) is 24.4 Å². The van der Waals surface area contributed by atoms with Gasteiger partial charge in [-0.1, -0.05) is 5.16 Å². The summed E-state index contributed by atoms with van der Waals surface area (Å²) in [6.07, 6.45) is 0.845. The predicted octanol–water partition coefficient (Wildman–Crippen LogP) is 3.30. The number of carbonyl (C=O) groups is 1. The summed E-state index contributed by atoms with van der Waals surface area (Å²) in [4.78, 5) is 10.8. The number of aryl methyl sites for hydroxylation is 4. The molecule has 0 atom stereocenters. The summed E-state index contributed by atoms with van der Waals surface area (Å²) in [7, 11) is 0. The van der Waals surface area contributed by atoms with Crippen LogP contribution in [0.4, 0.5) is 0 Å². The van der Waals surface area contributed by atoms with Crippen LogP contribution in [0.5, 0.6) is 5.75 Å². The van der Waals surface area contributed by atoms with Crippen molar-refractivity contribution in [3.05, 3.63) is 45.8 Å². The van der Waals surface area contributed by atoms with Crippen LogP contribution in [-0.2, 0) is 6.61 Å². The zero-order chi connectivity index (χ0) is 14.0. The first-order valence-corrected chi connectivity index (χ1v) is 6.14. The van der Waals surface area contributed by atoms with Crippen LogP contribution in [0, 0.1) is 27.7 Å². The highest BCUT2D eigenvalue weighted by Crippen LogP contribution is 2.26. The highest BCUT2D eigenvalue weighted by Gasteiger charge is 2.12. The minimum absolute atomic E-state index is 0.420. The first-order valence-electron chi connectivity index (χ1n) is 6.14. The van der Waals surface area contributed by atoms with Gasteiger partial charge in [-0.3, -0.25) is 4.79 Å². The fraction of sp³-hybridized carbons (Fsp3) is 0.333. The quantitative estimate of drug-likeness (QED) is 0.790. The van der Waals surface area contributed by atoms with Crippen molar-refractivity contribution in [2.45, 2.75) is 34.3 Å². The third kappa shape index (κ3) is 2.67. The van der Waals surface area contributed by atoms with Crippen LogP contribution in [-0.4, -0.2) is 11.4 Å². The topological polar surface area (TPSA) is 52.3 Å². The van der Waals surface area contributed by atoms with Crippen molar-refractivity contribution in [1.29, 1.82) is 0 Å². The Morgan fingerprint density at radius 3 is 2.32 bits per heavy atom. The minimum Gasteiger partial charge on any atom is -0.488 e. The van der Waals surface area contributed by atoms with Gasteiger partial charge in [0.25, 0.3) is 0 Å². The molecule has 0 unspecified atom stereocenters. The van der Waals surface area contributed by atoms with E-state index in [1.165, 1.54) is 0 Å². The molecule has 0 aliphatic heterocycles. The van der Waals surface area contributed by atoms with Gasteiger partial charge < -0.3 is 9.26 Å². The smallest absolute Gasteiger partial charge is 0.150 e. The van der Waals surface area contributed by atoms with Gasteiger partial charge in [0.05, 0.1) is 11.3 Å². The average Bonchev–Trinajstić information content (AvgIpc) is 2.68. The lowest BCUT2D eigenvalue weighted by Gasteiger charge is -2.12. The van der Waals surface area contributed by atoms with E-state index in [0.717, 1.165) is 40.2 Å². The van der Waals surface area contributed by atoms with E-state index in [9.17, 15) is 4.79 Å².